The minimum absolute atomic E-state index is 0.271. The highest BCUT2D eigenvalue weighted by molar-refractivity contribution is 5.69. The Hall–Kier alpha value is -3.68. The molecular formula is C32H30O. The molecule has 0 aliphatic rings. The molecule has 4 rings (SSSR count). The van der Waals surface area contributed by atoms with Crippen LogP contribution in [0.4, 0.5) is 0 Å². The summed E-state index contributed by atoms with van der Waals surface area (Å²) < 4.78 is 6.87. The van der Waals surface area contributed by atoms with Crippen molar-refractivity contribution in [2.75, 3.05) is 0 Å². The van der Waals surface area contributed by atoms with Crippen molar-refractivity contribution in [3.8, 4) is 22.3 Å². The Kier molecular flexibility index (Phi) is 7.02. The van der Waals surface area contributed by atoms with Crippen LogP contribution < -0.4 is 0 Å². The van der Waals surface area contributed by atoms with Gasteiger partial charge in [0.2, 0.25) is 0 Å². The van der Waals surface area contributed by atoms with Gasteiger partial charge in [-0.1, -0.05) is 122 Å². The lowest BCUT2D eigenvalue weighted by Crippen LogP contribution is -2.14. The van der Waals surface area contributed by atoms with Crippen LogP contribution in [0.5, 0.6) is 0 Å². The van der Waals surface area contributed by atoms with Gasteiger partial charge < -0.3 is 4.74 Å². The molecule has 4 aromatic rings. The lowest BCUT2D eigenvalue weighted by molar-refractivity contribution is 0.0273. The fourth-order valence-corrected chi connectivity index (χ4v) is 4.26. The third-order valence-corrected chi connectivity index (χ3v) is 5.82. The summed E-state index contributed by atoms with van der Waals surface area (Å²) >= 11 is 0. The second kappa shape index (κ2) is 10.3. The summed E-state index contributed by atoms with van der Waals surface area (Å²) in [6, 6.07) is 37.7. The summed E-state index contributed by atoms with van der Waals surface area (Å²) in [6.45, 7) is 12.7. The maximum Gasteiger partial charge on any atom is 0.105 e. The van der Waals surface area contributed by atoms with Gasteiger partial charge >= 0.3 is 0 Å². The standard InChI is InChI=1S/C32H30O/c1-23(2)31(29-21-13-11-19-27(29)25-15-7-5-8-16-25)33-32(24(3)4)30-22-14-12-20-28(30)26-17-9-6-10-18-26/h5-22,31-32H,1,3H2,2,4H3. The summed E-state index contributed by atoms with van der Waals surface area (Å²) in [5.74, 6) is 0. The molecule has 2 unspecified atom stereocenters. The van der Waals surface area contributed by atoms with Crippen LogP contribution in [0.2, 0.25) is 0 Å². The van der Waals surface area contributed by atoms with Gasteiger partial charge in [-0.25, -0.2) is 0 Å². The van der Waals surface area contributed by atoms with Crippen LogP contribution in [0, 0.1) is 0 Å². The van der Waals surface area contributed by atoms with Crippen molar-refractivity contribution in [2.24, 2.45) is 0 Å². The molecule has 0 heterocycles. The van der Waals surface area contributed by atoms with Crippen LogP contribution in [0.15, 0.2) is 133 Å². The lowest BCUT2D eigenvalue weighted by atomic mass is 9.91. The molecule has 0 fully saturated rings. The van der Waals surface area contributed by atoms with Crippen LogP contribution in [0.3, 0.4) is 0 Å². The van der Waals surface area contributed by atoms with E-state index in [4.69, 9.17) is 4.74 Å². The van der Waals surface area contributed by atoms with Gasteiger partial charge in [-0.2, -0.15) is 0 Å². The number of hydrogen-bond acceptors (Lipinski definition) is 1. The predicted molar refractivity (Wildman–Crippen MR) is 140 cm³/mol. The van der Waals surface area contributed by atoms with Gasteiger partial charge in [0.15, 0.2) is 0 Å². The monoisotopic (exact) mass is 430 g/mol. The number of ether oxygens (including phenoxy) is 1. The topological polar surface area (TPSA) is 9.23 Å². The summed E-state index contributed by atoms with van der Waals surface area (Å²) in [6.07, 6.45) is -0.543. The van der Waals surface area contributed by atoms with E-state index in [9.17, 15) is 0 Å². The quantitative estimate of drug-likeness (QED) is 0.253. The fraction of sp³-hybridized carbons (Fsp3) is 0.125. The Morgan fingerprint density at radius 1 is 0.515 bits per heavy atom. The molecule has 0 aliphatic heterocycles. The zero-order valence-corrected chi connectivity index (χ0v) is 19.4. The Morgan fingerprint density at radius 2 is 0.848 bits per heavy atom. The van der Waals surface area contributed by atoms with E-state index in [0.29, 0.717) is 0 Å². The van der Waals surface area contributed by atoms with Crippen LogP contribution in [0.1, 0.15) is 37.2 Å². The first-order valence-electron chi connectivity index (χ1n) is 11.3. The Bertz CT molecular complexity index is 1140. The largest absolute Gasteiger partial charge is 0.357 e. The van der Waals surface area contributed by atoms with E-state index in [0.717, 1.165) is 33.4 Å². The van der Waals surface area contributed by atoms with E-state index in [2.05, 4.69) is 110 Å². The Labute approximate surface area is 197 Å². The van der Waals surface area contributed by atoms with Gasteiger partial charge in [-0.3, -0.25) is 0 Å². The first kappa shape index (κ1) is 22.5. The van der Waals surface area contributed by atoms with Gasteiger partial charge in [-0.15, -0.1) is 0 Å². The molecule has 1 heteroatoms. The van der Waals surface area contributed by atoms with Crippen molar-refractivity contribution in [2.45, 2.75) is 26.1 Å². The van der Waals surface area contributed by atoms with E-state index in [1.165, 1.54) is 11.1 Å². The third kappa shape index (κ3) is 5.05. The number of rotatable bonds is 8. The van der Waals surface area contributed by atoms with Gasteiger partial charge in [0, 0.05) is 0 Å². The molecule has 0 radical (unpaired) electrons. The van der Waals surface area contributed by atoms with Crippen LogP contribution >= 0.6 is 0 Å². The second-order valence-corrected chi connectivity index (χ2v) is 8.50. The highest BCUT2D eigenvalue weighted by Crippen LogP contribution is 2.41. The lowest BCUT2D eigenvalue weighted by Gasteiger charge is -2.29. The molecule has 0 N–H and O–H groups in total. The molecule has 0 aromatic heterocycles. The maximum absolute atomic E-state index is 6.87. The van der Waals surface area contributed by atoms with Gasteiger partial charge in [0.05, 0.1) is 0 Å². The van der Waals surface area contributed by atoms with Crippen molar-refractivity contribution in [1.82, 2.24) is 0 Å². The molecule has 164 valence electrons. The van der Waals surface area contributed by atoms with Crippen LogP contribution in [-0.2, 0) is 4.74 Å². The number of benzene rings is 4. The van der Waals surface area contributed by atoms with Gasteiger partial charge in [0.25, 0.3) is 0 Å². The summed E-state index contributed by atoms with van der Waals surface area (Å²) in [4.78, 5) is 0. The molecule has 0 saturated heterocycles. The van der Waals surface area contributed by atoms with E-state index >= 15 is 0 Å². The normalized spacial score (nSPS) is 12.7. The molecule has 2 atom stereocenters. The molecule has 0 spiro atoms. The zero-order chi connectivity index (χ0) is 23.2. The molecule has 0 bridgehead atoms. The molecule has 0 amide bonds. The Morgan fingerprint density at radius 3 is 1.21 bits per heavy atom. The zero-order valence-electron chi connectivity index (χ0n) is 19.4. The molecule has 0 aliphatic carbocycles. The average molecular weight is 431 g/mol. The summed E-state index contributed by atoms with van der Waals surface area (Å²) in [5, 5.41) is 0. The first-order valence-corrected chi connectivity index (χ1v) is 11.3. The fourth-order valence-electron chi connectivity index (χ4n) is 4.26. The van der Waals surface area contributed by atoms with E-state index in [-0.39, 0.29) is 12.2 Å². The smallest absolute Gasteiger partial charge is 0.105 e. The van der Waals surface area contributed by atoms with Crippen LogP contribution in [0.25, 0.3) is 22.3 Å². The van der Waals surface area contributed by atoms with Gasteiger partial charge in [-0.05, 0) is 58.4 Å². The predicted octanol–water partition coefficient (Wildman–Crippen LogP) is 8.97. The molecule has 33 heavy (non-hydrogen) atoms. The van der Waals surface area contributed by atoms with Crippen molar-refractivity contribution in [3.63, 3.8) is 0 Å². The van der Waals surface area contributed by atoms with Crippen molar-refractivity contribution in [1.29, 1.82) is 0 Å². The van der Waals surface area contributed by atoms with Gasteiger partial charge in [0.1, 0.15) is 12.2 Å². The minimum atomic E-state index is -0.271. The Balaban J connectivity index is 1.78. The van der Waals surface area contributed by atoms with Crippen molar-refractivity contribution >= 4 is 0 Å². The third-order valence-electron chi connectivity index (χ3n) is 5.82. The molecular weight excluding hydrogens is 400 g/mol. The molecule has 1 nitrogen and oxygen atoms in total. The van der Waals surface area contributed by atoms with Crippen LogP contribution in [-0.4, -0.2) is 0 Å². The highest BCUT2D eigenvalue weighted by Gasteiger charge is 2.25. The first-order chi connectivity index (χ1) is 16.1. The maximum atomic E-state index is 6.87. The minimum Gasteiger partial charge on any atom is -0.357 e. The number of hydrogen-bond donors (Lipinski definition) is 0. The summed E-state index contributed by atoms with van der Waals surface area (Å²) in [7, 11) is 0. The van der Waals surface area contributed by atoms with Crippen molar-refractivity contribution in [3.05, 3.63) is 145 Å². The van der Waals surface area contributed by atoms with E-state index in [1.807, 2.05) is 26.0 Å². The van der Waals surface area contributed by atoms with Crippen molar-refractivity contribution < 1.29 is 4.74 Å². The average Bonchev–Trinajstić information content (AvgIpc) is 2.85. The SMILES string of the molecule is C=C(C)C(OC(C(=C)C)c1ccccc1-c1ccccc1)c1ccccc1-c1ccccc1. The second-order valence-electron chi connectivity index (χ2n) is 8.50. The highest BCUT2D eigenvalue weighted by atomic mass is 16.5. The van der Waals surface area contributed by atoms with E-state index < -0.39 is 0 Å². The summed E-state index contributed by atoms with van der Waals surface area (Å²) in [5.41, 5.74) is 8.78. The molecule has 4 aromatic carbocycles. The molecule has 0 saturated carbocycles. The van der Waals surface area contributed by atoms with E-state index in [1.54, 1.807) is 0 Å².